The van der Waals surface area contributed by atoms with Crippen LogP contribution in [0.1, 0.15) is 19.7 Å². The van der Waals surface area contributed by atoms with Gasteiger partial charge in [-0.15, -0.1) is 0 Å². The molecule has 1 heterocycles. The molecule has 1 aromatic heterocycles. The van der Waals surface area contributed by atoms with Crippen LogP contribution >= 0.6 is 0 Å². The summed E-state index contributed by atoms with van der Waals surface area (Å²) < 4.78 is 5.55. The summed E-state index contributed by atoms with van der Waals surface area (Å²) in [6, 6.07) is 9.10. The van der Waals surface area contributed by atoms with Crippen LogP contribution in [0.5, 0.6) is 5.75 Å². The molecular formula is C14H16N2O2. The Labute approximate surface area is 106 Å². The topological polar surface area (TPSA) is 55.0 Å². The molecule has 0 aliphatic heterocycles. The molecule has 0 radical (unpaired) electrons. The Hall–Kier alpha value is -2.10. The Bertz CT molecular complexity index is 590. The zero-order valence-electron chi connectivity index (χ0n) is 10.6. The summed E-state index contributed by atoms with van der Waals surface area (Å²) in [7, 11) is 0. The summed E-state index contributed by atoms with van der Waals surface area (Å²) in [5.41, 5.74) is 1.36. The van der Waals surface area contributed by atoms with E-state index in [0.717, 1.165) is 11.3 Å². The van der Waals surface area contributed by atoms with Crippen molar-refractivity contribution in [3.63, 3.8) is 0 Å². The van der Waals surface area contributed by atoms with Crippen LogP contribution in [0.2, 0.25) is 0 Å². The highest BCUT2D eigenvalue weighted by Gasteiger charge is 2.08. The van der Waals surface area contributed by atoms with Crippen LogP contribution in [0.25, 0.3) is 11.3 Å². The molecule has 18 heavy (non-hydrogen) atoms. The Morgan fingerprint density at radius 3 is 2.78 bits per heavy atom. The summed E-state index contributed by atoms with van der Waals surface area (Å²) in [6.07, 6.45) is 0.694. The second-order valence-corrected chi connectivity index (χ2v) is 3.86. The van der Waals surface area contributed by atoms with E-state index in [1.54, 1.807) is 0 Å². The number of rotatable bonds is 4. The molecular weight excluding hydrogens is 228 g/mol. The SMILES string of the molecule is CCOc1ccccc1-c1cc(=O)[nH]c(CC)n1. The summed E-state index contributed by atoms with van der Waals surface area (Å²) in [6.45, 7) is 4.47. The minimum atomic E-state index is -0.136. The molecule has 0 saturated carbocycles. The first-order valence-corrected chi connectivity index (χ1v) is 6.07. The number of hydrogen-bond acceptors (Lipinski definition) is 3. The van der Waals surface area contributed by atoms with Crippen molar-refractivity contribution in [1.82, 2.24) is 9.97 Å². The lowest BCUT2D eigenvalue weighted by atomic mass is 10.1. The van der Waals surface area contributed by atoms with E-state index in [0.29, 0.717) is 24.5 Å². The molecule has 0 amide bonds. The average Bonchev–Trinajstić information content (AvgIpc) is 2.39. The minimum absolute atomic E-state index is 0.136. The molecule has 0 bridgehead atoms. The second-order valence-electron chi connectivity index (χ2n) is 3.86. The van der Waals surface area contributed by atoms with Crippen LogP contribution in [0.4, 0.5) is 0 Å². The van der Waals surface area contributed by atoms with Gasteiger partial charge >= 0.3 is 0 Å². The highest BCUT2D eigenvalue weighted by molar-refractivity contribution is 5.66. The third kappa shape index (κ3) is 2.59. The van der Waals surface area contributed by atoms with Gasteiger partial charge in [-0.3, -0.25) is 4.79 Å². The number of H-pyrrole nitrogens is 1. The Balaban J connectivity index is 2.54. The van der Waals surface area contributed by atoms with Gasteiger partial charge in [0, 0.05) is 18.1 Å². The monoisotopic (exact) mass is 244 g/mol. The molecule has 0 aliphatic rings. The van der Waals surface area contributed by atoms with Gasteiger partial charge in [-0.05, 0) is 19.1 Å². The van der Waals surface area contributed by atoms with Gasteiger partial charge in [-0.1, -0.05) is 19.1 Å². The van der Waals surface area contributed by atoms with Crippen LogP contribution in [0.3, 0.4) is 0 Å². The van der Waals surface area contributed by atoms with Crippen molar-refractivity contribution in [2.75, 3.05) is 6.61 Å². The maximum absolute atomic E-state index is 11.6. The number of ether oxygens (including phenoxy) is 1. The van der Waals surface area contributed by atoms with E-state index in [1.165, 1.54) is 6.07 Å². The summed E-state index contributed by atoms with van der Waals surface area (Å²) >= 11 is 0. The van der Waals surface area contributed by atoms with Crippen molar-refractivity contribution in [3.8, 4) is 17.0 Å². The van der Waals surface area contributed by atoms with Gasteiger partial charge in [0.1, 0.15) is 11.6 Å². The molecule has 1 N–H and O–H groups in total. The third-order valence-corrected chi connectivity index (χ3v) is 2.59. The predicted octanol–water partition coefficient (Wildman–Crippen LogP) is 2.40. The first-order chi connectivity index (χ1) is 8.74. The molecule has 4 nitrogen and oxygen atoms in total. The van der Waals surface area contributed by atoms with E-state index >= 15 is 0 Å². The van der Waals surface area contributed by atoms with E-state index in [2.05, 4.69) is 9.97 Å². The van der Waals surface area contributed by atoms with Gasteiger partial charge in [0.2, 0.25) is 0 Å². The molecule has 94 valence electrons. The molecule has 0 aliphatic carbocycles. The fourth-order valence-corrected chi connectivity index (χ4v) is 1.77. The van der Waals surface area contributed by atoms with Crippen LogP contribution in [0.15, 0.2) is 35.1 Å². The predicted molar refractivity (Wildman–Crippen MR) is 70.8 cm³/mol. The number of aromatic nitrogens is 2. The number of nitrogens with one attached hydrogen (secondary N) is 1. The van der Waals surface area contributed by atoms with Gasteiger partial charge in [0.05, 0.1) is 12.3 Å². The lowest BCUT2D eigenvalue weighted by molar-refractivity contribution is 0.341. The van der Waals surface area contributed by atoms with E-state index in [1.807, 2.05) is 38.1 Å². The third-order valence-electron chi connectivity index (χ3n) is 2.59. The van der Waals surface area contributed by atoms with E-state index in [9.17, 15) is 4.79 Å². The maximum Gasteiger partial charge on any atom is 0.251 e. The molecule has 2 aromatic rings. The molecule has 2 rings (SSSR count). The largest absolute Gasteiger partial charge is 0.493 e. The Kier molecular flexibility index (Phi) is 3.77. The second kappa shape index (κ2) is 5.49. The number of nitrogens with zero attached hydrogens (tertiary/aromatic N) is 1. The fourth-order valence-electron chi connectivity index (χ4n) is 1.77. The van der Waals surface area contributed by atoms with E-state index in [-0.39, 0.29) is 5.56 Å². The average molecular weight is 244 g/mol. The molecule has 1 aromatic carbocycles. The van der Waals surface area contributed by atoms with Gasteiger partial charge in [0.25, 0.3) is 5.56 Å². The van der Waals surface area contributed by atoms with Crippen molar-refractivity contribution in [1.29, 1.82) is 0 Å². The van der Waals surface area contributed by atoms with Gasteiger partial charge < -0.3 is 9.72 Å². The number of para-hydroxylation sites is 1. The van der Waals surface area contributed by atoms with Gasteiger partial charge in [0.15, 0.2) is 0 Å². The molecule has 0 saturated heterocycles. The van der Waals surface area contributed by atoms with Crippen molar-refractivity contribution >= 4 is 0 Å². The molecule has 0 spiro atoms. The first kappa shape index (κ1) is 12.4. The molecule has 0 unspecified atom stereocenters. The Morgan fingerprint density at radius 1 is 1.28 bits per heavy atom. The lowest BCUT2D eigenvalue weighted by Gasteiger charge is -2.09. The zero-order valence-corrected chi connectivity index (χ0v) is 10.6. The smallest absolute Gasteiger partial charge is 0.251 e. The van der Waals surface area contributed by atoms with E-state index < -0.39 is 0 Å². The lowest BCUT2D eigenvalue weighted by Crippen LogP contribution is -2.10. The molecule has 0 fully saturated rings. The van der Waals surface area contributed by atoms with Crippen LogP contribution in [-0.4, -0.2) is 16.6 Å². The highest BCUT2D eigenvalue weighted by atomic mass is 16.5. The number of aromatic amines is 1. The Morgan fingerprint density at radius 2 is 2.06 bits per heavy atom. The maximum atomic E-state index is 11.6. The van der Waals surface area contributed by atoms with Crippen molar-refractivity contribution in [2.24, 2.45) is 0 Å². The summed E-state index contributed by atoms with van der Waals surface area (Å²) in [5, 5.41) is 0. The highest BCUT2D eigenvalue weighted by Crippen LogP contribution is 2.27. The van der Waals surface area contributed by atoms with Crippen LogP contribution < -0.4 is 10.3 Å². The minimum Gasteiger partial charge on any atom is -0.493 e. The number of hydrogen-bond donors (Lipinski definition) is 1. The quantitative estimate of drug-likeness (QED) is 0.898. The summed E-state index contributed by atoms with van der Waals surface area (Å²) in [4.78, 5) is 18.7. The summed E-state index contributed by atoms with van der Waals surface area (Å²) in [5.74, 6) is 1.43. The van der Waals surface area contributed by atoms with Gasteiger partial charge in [-0.25, -0.2) is 4.98 Å². The number of aryl methyl sites for hydroxylation is 1. The van der Waals surface area contributed by atoms with Crippen molar-refractivity contribution < 1.29 is 4.74 Å². The van der Waals surface area contributed by atoms with Crippen LogP contribution in [-0.2, 0) is 6.42 Å². The normalized spacial score (nSPS) is 10.3. The number of benzene rings is 1. The van der Waals surface area contributed by atoms with Crippen molar-refractivity contribution in [2.45, 2.75) is 20.3 Å². The van der Waals surface area contributed by atoms with Crippen molar-refractivity contribution in [3.05, 3.63) is 46.5 Å². The molecule has 0 atom stereocenters. The van der Waals surface area contributed by atoms with Crippen LogP contribution in [0, 0.1) is 0 Å². The standard InChI is InChI=1S/C14H16N2O2/c1-3-13-15-11(9-14(17)16-13)10-7-5-6-8-12(10)18-4-2/h5-9H,3-4H2,1-2H3,(H,15,16,17). The van der Waals surface area contributed by atoms with Gasteiger partial charge in [-0.2, -0.15) is 0 Å². The zero-order chi connectivity index (χ0) is 13.0. The molecule has 4 heteroatoms. The first-order valence-electron chi connectivity index (χ1n) is 6.07. The fraction of sp³-hybridized carbons (Fsp3) is 0.286. The van der Waals surface area contributed by atoms with E-state index in [4.69, 9.17) is 4.74 Å².